The molecule has 36 heavy (non-hydrogen) atoms. The van der Waals surface area contributed by atoms with Crippen LogP contribution in [0, 0.1) is 0 Å². The summed E-state index contributed by atoms with van der Waals surface area (Å²) < 4.78 is 4.81. The van der Waals surface area contributed by atoms with E-state index < -0.39 is 11.9 Å². The van der Waals surface area contributed by atoms with Crippen molar-refractivity contribution in [3.63, 3.8) is 0 Å². The van der Waals surface area contributed by atoms with Gasteiger partial charge in [-0.2, -0.15) is 0 Å². The molecule has 0 unspecified atom stereocenters. The summed E-state index contributed by atoms with van der Waals surface area (Å²) in [4.78, 5) is 33.9. The van der Waals surface area contributed by atoms with Crippen molar-refractivity contribution in [2.45, 2.75) is 19.4 Å². The number of aliphatic carboxylic acids is 1. The van der Waals surface area contributed by atoms with Gasteiger partial charge >= 0.3 is 11.9 Å². The van der Waals surface area contributed by atoms with Gasteiger partial charge in [-0.1, -0.05) is 18.2 Å². The fourth-order valence-electron chi connectivity index (χ4n) is 3.97. The van der Waals surface area contributed by atoms with E-state index in [0.29, 0.717) is 39.8 Å². The van der Waals surface area contributed by atoms with E-state index in [0.717, 1.165) is 22.5 Å². The van der Waals surface area contributed by atoms with E-state index in [1.165, 1.54) is 18.4 Å². The number of fused-ring (bicyclic) bond motifs is 1. The molecule has 2 aromatic heterocycles. The Balaban J connectivity index is 1.82. The van der Waals surface area contributed by atoms with E-state index in [-0.39, 0.29) is 12.3 Å². The minimum atomic E-state index is -0.854. The molecule has 0 amide bonds. The van der Waals surface area contributed by atoms with Crippen molar-refractivity contribution in [3.05, 3.63) is 81.0 Å². The smallest absolute Gasteiger partial charge is 0.337 e. The first-order chi connectivity index (χ1) is 17.2. The highest BCUT2D eigenvalue weighted by Crippen LogP contribution is 2.33. The van der Waals surface area contributed by atoms with Gasteiger partial charge < -0.3 is 24.8 Å². The van der Waals surface area contributed by atoms with E-state index in [1.807, 2.05) is 49.8 Å². The van der Waals surface area contributed by atoms with Gasteiger partial charge in [-0.25, -0.2) is 9.79 Å². The van der Waals surface area contributed by atoms with E-state index in [1.54, 1.807) is 18.2 Å². The number of aliphatic imine (C=N–C) groups is 1. The predicted octanol–water partition coefficient (Wildman–Crippen LogP) is 4.97. The number of nitrogens with zero attached hydrogens (tertiary/aromatic N) is 2. The second-order valence-electron chi connectivity index (χ2n) is 8.66. The third-order valence-corrected chi connectivity index (χ3v) is 6.62. The Morgan fingerprint density at radius 3 is 2.50 bits per heavy atom. The van der Waals surface area contributed by atoms with Gasteiger partial charge in [0.2, 0.25) is 0 Å². The third kappa shape index (κ3) is 5.64. The molecule has 0 aliphatic rings. The minimum Gasteiger partial charge on any atom is -0.494 e. The summed E-state index contributed by atoms with van der Waals surface area (Å²) in [5.41, 5.74) is 4.61. The van der Waals surface area contributed by atoms with Crippen molar-refractivity contribution in [1.29, 1.82) is 0 Å². The molecule has 0 bridgehead atoms. The molecule has 0 radical (unpaired) electrons. The first kappa shape index (κ1) is 25.2. The Morgan fingerprint density at radius 2 is 1.83 bits per heavy atom. The minimum absolute atomic E-state index is 0.0361. The molecule has 2 heterocycles. The number of aromatic amines is 1. The second-order valence-corrected chi connectivity index (χ2v) is 9.66. The molecule has 0 saturated heterocycles. The molecule has 0 aliphatic carbocycles. The molecular formula is C27H27N3O5S. The van der Waals surface area contributed by atoms with Crippen LogP contribution in [-0.4, -0.2) is 59.0 Å². The summed E-state index contributed by atoms with van der Waals surface area (Å²) in [6, 6.07) is 14.8. The number of hydrogen-bond donors (Lipinski definition) is 3. The highest BCUT2D eigenvalue weighted by molar-refractivity contribution is 7.10. The molecule has 4 aromatic rings. The van der Waals surface area contributed by atoms with Gasteiger partial charge in [0.1, 0.15) is 0 Å². The molecule has 186 valence electrons. The lowest BCUT2D eigenvalue weighted by atomic mass is 10.0. The second kappa shape index (κ2) is 10.8. The van der Waals surface area contributed by atoms with E-state index in [4.69, 9.17) is 14.8 Å². The number of ether oxygens (including phenoxy) is 1. The van der Waals surface area contributed by atoms with Gasteiger partial charge in [-0.15, -0.1) is 11.3 Å². The zero-order valence-corrected chi connectivity index (χ0v) is 21.1. The number of nitrogens with one attached hydrogen (secondary N) is 1. The topological polar surface area (TPSA) is 115 Å². The Bertz CT molecular complexity index is 1430. The lowest BCUT2D eigenvalue weighted by Gasteiger charge is -2.10. The maximum Gasteiger partial charge on any atom is 0.337 e. The zero-order valence-electron chi connectivity index (χ0n) is 20.2. The Hall–Kier alpha value is -3.95. The number of methoxy groups -OCH3 is 1. The maximum atomic E-state index is 12.0. The summed E-state index contributed by atoms with van der Waals surface area (Å²) in [6.45, 7) is 0.806. The maximum absolute atomic E-state index is 12.0. The summed E-state index contributed by atoms with van der Waals surface area (Å²) in [5.74, 6) is -1.40. The normalized spacial score (nSPS) is 11.8. The monoisotopic (exact) mass is 505 g/mol. The van der Waals surface area contributed by atoms with Gasteiger partial charge in [0.15, 0.2) is 5.88 Å². The number of aromatic nitrogens is 1. The molecule has 2 aromatic carbocycles. The number of esters is 1. The molecule has 0 fully saturated rings. The first-order valence-corrected chi connectivity index (χ1v) is 12.2. The van der Waals surface area contributed by atoms with Gasteiger partial charge in [0.25, 0.3) is 0 Å². The van der Waals surface area contributed by atoms with Crippen molar-refractivity contribution in [1.82, 2.24) is 9.88 Å². The van der Waals surface area contributed by atoms with Crippen molar-refractivity contribution in [2.75, 3.05) is 21.2 Å². The van der Waals surface area contributed by atoms with Crippen LogP contribution in [0.2, 0.25) is 0 Å². The van der Waals surface area contributed by atoms with Crippen molar-refractivity contribution in [2.24, 2.45) is 4.99 Å². The molecule has 0 atom stereocenters. The van der Waals surface area contributed by atoms with Crippen LogP contribution in [-0.2, 0) is 22.5 Å². The number of benzene rings is 2. The predicted molar refractivity (Wildman–Crippen MR) is 141 cm³/mol. The number of carbonyl (C=O) groups excluding carboxylic acids is 1. The zero-order chi connectivity index (χ0) is 25.8. The number of carbonyl (C=O) groups is 2. The summed E-state index contributed by atoms with van der Waals surface area (Å²) in [7, 11) is 5.33. The summed E-state index contributed by atoms with van der Waals surface area (Å²) in [6.07, 6.45) is 0.448. The SMILES string of the molecule is COC(=O)c1ccc2c(C(=Nc3ccc(CN(C)C)cc3)c3csc(CCC(=O)O)c3)c(O)[nH]c2c1. The Morgan fingerprint density at radius 1 is 1.08 bits per heavy atom. The molecule has 0 spiro atoms. The fourth-order valence-corrected chi connectivity index (χ4v) is 4.84. The highest BCUT2D eigenvalue weighted by atomic mass is 32.1. The van der Waals surface area contributed by atoms with Gasteiger partial charge in [0.05, 0.1) is 36.1 Å². The summed E-state index contributed by atoms with van der Waals surface area (Å²) >= 11 is 1.45. The van der Waals surface area contributed by atoms with E-state index in [9.17, 15) is 14.7 Å². The molecule has 4 rings (SSSR count). The highest BCUT2D eigenvalue weighted by Gasteiger charge is 2.21. The number of carboxylic acids is 1. The van der Waals surface area contributed by atoms with Gasteiger partial charge in [-0.05, 0) is 56.4 Å². The Kier molecular flexibility index (Phi) is 7.52. The lowest BCUT2D eigenvalue weighted by molar-refractivity contribution is -0.136. The average Bonchev–Trinajstić information content (AvgIpc) is 3.44. The lowest BCUT2D eigenvalue weighted by Crippen LogP contribution is -2.10. The molecule has 0 saturated carbocycles. The van der Waals surface area contributed by atoms with Crippen LogP contribution >= 0.6 is 11.3 Å². The number of aromatic hydroxyl groups is 1. The molecular weight excluding hydrogens is 478 g/mol. The average molecular weight is 506 g/mol. The van der Waals surface area contributed by atoms with E-state index >= 15 is 0 Å². The Labute approximate surface area is 212 Å². The largest absolute Gasteiger partial charge is 0.494 e. The standard InChI is InChI=1S/C27H27N3O5S/c1-30(2)14-16-4-7-19(8-5-16)28-25(18-12-20(36-15-18)9-11-23(31)32)24-21-10-6-17(27(34)35-3)13-22(21)29-26(24)33/h4-8,10,12-13,15,29,33H,9,11,14H2,1-3H3,(H,31,32). The van der Waals surface area contributed by atoms with E-state index in [2.05, 4.69) is 9.88 Å². The van der Waals surface area contributed by atoms with Crippen LogP contribution in [0.1, 0.15) is 38.3 Å². The number of carboxylic acid groups (broad SMARTS) is 1. The molecule has 8 nitrogen and oxygen atoms in total. The number of rotatable bonds is 9. The van der Waals surface area contributed by atoms with Crippen LogP contribution in [0.15, 0.2) is 58.9 Å². The fraction of sp³-hybridized carbons (Fsp3) is 0.222. The molecule has 9 heteroatoms. The van der Waals surface area contributed by atoms with Crippen LogP contribution in [0.25, 0.3) is 10.9 Å². The van der Waals surface area contributed by atoms with Crippen LogP contribution in [0.5, 0.6) is 5.88 Å². The van der Waals surface area contributed by atoms with Crippen molar-refractivity contribution in [3.8, 4) is 5.88 Å². The number of aryl methyl sites for hydroxylation is 1. The van der Waals surface area contributed by atoms with Crippen LogP contribution in [0.3, 0.4) is 0 Å². The van der Waals surface area contributed by atoms with Gasteiger partial charge in [0, 0.05) is 33.3 Å². The van der Waals surface area contributed by atoms with Crippen LogP contribution in [0.4, 0.5) is 5.69 Å². The number of hydrogen-bond acceptors (Lipinski definition) is 7. The third-order valence-electron chi connectivity index (χ3n) is 5.63. The van der Waals surface area contributed by atoms with Crippen molar-refractivity contribution < 1.29 is 24.5 Å². The number of thiophene rings is 1. The molecule has 0 aliphatic heterocycles. The quantitative estimate of drug-likeness (QED) is 0.219. The number of H-pyrrole nitrogens is 1. The summed E-state index contributed by atoms with van der Waals surface area (Å²) in [5, 5.41) is 22.6. The first-order valence-electron chi connectivity index (χ1n) is 11.3. The van der Waals surface area contributed by atoms with Crippen LogP contribution < -0.4 is 0 Å². The van der Waals surface area contributed by atoms with Gasteiger partial charge in [-0.3, -0.25) is 4.79 Å². The van der Waals surface area contributed by atoms with Crippen molar-refractivity contribution >= 4 is 45.6 Å². The molecule has 3 N–H and O–H groups in total.